The van der Waals surface area contributed by atoms with E-state index in [0.717, 1.165) is 3.79 Å². The Morgan fingerprint density at radius 1 is 1.47 bits per heavy atom. The lowest BCUT2D eigenvalue weighted by atomic mass is 10.4. The van der Waals surface area contributed by atoms with Gasteiger partial charge < -0.3 is 5.32 Å². The molecule has 0 spiro atoms. The summed E-state index contributed by atoms with van der Waals surface area (Å²) in [5.74, 6) is -0.309. The van der Waals surface area contributed by atoms with E-state index >= 15 is 0 Å². The SMILES string of the molecule is CNC(=O)Cn1cnc(NC(=O)c2ccc(Br)s2)n1. The monoisotopic (exact) mass is 343 g/mol. The zero-order valence-corrected chi connectivity index (χ0v) is 12.3. The average molecular weight is 344 g/mol. The molecule has 2 aromatic rings. The van der Waals surface area contributed by atoms with Crippen LogP contribution in [-0.4, -0.2) is 33.6 Å². The predicted octanol–water partition coefficient (Wildman–Crippen LogP) is 1.10. The molecule has 0 saturated heterocycles. The second-order valence-electron chi connectivity index (χ2n) is 3.50. The van der Waals surface area contributed by atoms with Crippen LogP contribution in [0.2, 0.25) is 0 Å². The lowest BCUT2D eigenvalue weighted by Crippen LogP contribution is -2.23. The summed E-state index contributed by atoms with van der Waals surface area (Å²) in [6.07, 6.45) is 1.38. The number of aromatic nitrogens is 3. The minimum atomic E-state index is -0.284. The molecule has 19 heavy (non-hydrogen) atoms. The van der Waals surface area contributed by atoms with Crippen LogP contribution in [0.1, 0.15) is 9.67 Å². The van der Waals surface area contributed by atoms with Gasteiger partial charge in [-0.15, -0.1) is 16.4 Å². The summed E-state index contributed by atoms with van der Waals surface area (Å²) < 4.78 is 2.22. The molecule has 2 rings (SSSR count). The number of halogens is 1. The molecular weight excluding hydrogens is 334 g/mol. The Hall–Kier alpha value is -1.74. The van der Waals surface area contributed by atoms with E-state index in [1.165, 1.54) is 29.4 Å². The van der Waals surface area contributed by atoms with E-state index in [2.05, 4.69) is 36.6 Å². The largest absolute Gasteiger partial charge is 0.358 e. The highest BCUT2D eigenvalue weighted by Crippen LogP contribution is 2.22. The molecule has 0 aromatic carbocycles. The fourth-order valence-corrected chi connectivity index (χ4v) is 2.54. The van der Waals surface area contributed by atoms with Gasteiger partial charge in [0, 0.05) is 7.05 Å². The van der Waals surface area contributed by atoms with E-state index in [4.69, 9.17) is 0 Å². The van der Waals surface area contributed by atoms with Crippen molar-refractivity contribution in [2.45, 2.75) is 6.54 Å². The summed E-state index contributed by atoms with van der Waals surface area (Å²) in [7, 11) is 1.54. The molecule has 7 nitrogen and oxygen atoms in total. The Kier molecular flexibility index (Phi) is 4.27. The van der Waals surface area contributed by atoms with Gasteiger partial charge in [0.1, 0.15) is 12.9 Å². The number of amides is 2. The fraction of sp³-hybridized carbons (Fsp3) is 0.200. The first-order chi connectivity index (χ1) is 9.08. The molecule has 0 aliphatic carbocycles. The van der Waals surface area contributed by atoms with Gasteiger partial charge in [-0.25, -0.2) is 9.67 Å². The molecule has 2 N–H and O–H groups in total. The van der Waals surface area contributed by atoms with E-state index < -0.39 is 0 Å². The summed E-state index contributed by atoms with van der Waals surface area (Å²) in [6.45, 7) is 0.0594. The first kappa shape index (κ1) is 13.7. The van der Waals surface area contributed by atoms with E-state index in [1.54, 1.807) is 12.1 Å². The second kappa shape index (κ2) is 5.93. The summed E-state index contributed by atoms with van der Waals surface area (Å²) in [5.41, 5.74) is 0. The number of thiophene rings is 1. The molecule has 0 atom stereocenters. The van der Waals surface area contributed by atoms with Crippen LogP contribution in [0, 0.1) is 0 Å². The standard InChI is InChI=1S/C10H10BrN5O2S/c1-12-8(17)4-16-5-13-10(15-16)14-9(18)6-2-3-7(11)19-6/h2-3,5H,4H2,1H3,(H,12,17)(H,14,15,18). The molecular formula is C10H10BrN5O2S. The average Bonchev–Trinajstić information content (AvgIpc) is 2.98. The van der Waals surface area contributed by atoms with Crippen molar-refractivity contribution in [3.63, 3.8) is 0 Å². The van der Waals surface area contributed by atoms with Crippen molar-refractivity contribution < 1.29 is 9.59 Å². The third-order valence-corrected chi connectivity index (χ3v) is 3.77. The highest BCUT2D eigenvalue weighted by molar-refractivity contribution is 9.11. The molecule has 0 aliphatic rings. The van der Waals surface area contributed by atoms with E-state index in [0.29, 0.717) is 4.88 Å². The number of carbonyl (C=O) groups is 2. The van der Waals surface area contributed by atoms with Crippen LogP contribution in [-0.2, 0) is 11.3 Å². The van der Waals surface area contributed by atoms with Crippen LogP contribution in [0.5, 0.6) is 0 Å². The summed E-state index contributed by atoms with van der Waals surface area (Å²) >= 11 is 4.60. The number of hydrogen-bond donors (Lipinski definition) is 2. The van der Waals surface area contributed by atoms with Crippen molar-refractivity contribution in [2.24, 2.45) is 0 Å². The maximum atomic E-state index is 11.8. The summed E-state index contributed by atoms with van der Waals surface area (Å²) in [4.78, 5) is 27.4. The van der Waals surface area contributed by atoms with Crippen molar-refractivity contribution in [2.75, 3.05) is 12.4 Å². The number of hydrogen-bond acceptors (Lipinski definition) is 5. The number of likely N-dealkylation sites (N-methyl/N-ethyl adjacent to an activating group) is 1. The quantitative estimate of drug-likeness (QED) is 0.869. The van der Waals surface area contributed by atoms with Crippen LogP contribution >= 0.6 is 27.3 Å². The maximum absolute atomic E-state index is 11.8. The summed E-state index contributed by atoms with van der Waals surface area (Å²) in [6, 6.07) is 3.49. The van der Waals surface area contributed by atoms with Gasteiger partial charge in [-0.05, 0) is 28.1 Å². The van der Waals surface area contributed by atoms with E-state index in [-0.39, 0.29) is 24.3 Å². The normalized spacial score (nSPS) is 10.2. The molecule has 100 valence electrons. The number of carbonyl (C=O) groups excluding carboxylic acids is 2. The number of nitrogens with zero attached hydrogens (tertiary/aromatic N) is 3. The molecule has 2 heterocycles. The highest BCUT2D eigenvalue weighted by atomic mass is 79.9. The van der Waals surface area contributed by atoms with Crippen molar-refractivity contribution in [1.82, 2.24) is 20.1 Å². The highest BCUT2D eigenvalue weighted by Gasteiger charge is 2.11. The third kappa shape index (κ3) is 3.61. The Morgan fingerprint density at radius 2 is 2.26 bits per heavy atom. The second-order valence-corrected chi connectivity index (χ2v) is 5.96. The minimum absolute atomic E-state index is 0.0594. The molecule has 0 aliphatic heterocycles. The molecule has 0 saturated carbocycles. The Balaban J connectivity index is 2.00. The van der Waals surface area contributed by atoms with Crippen molar-refractivity contribution in [3.05, 3.63) is 27.1 Å². The molecule has 0 bridgehead atoms. The first-order valence-electron chi connectivity index (χ1n) is 5.25. The van der Waals surface area contributed by atoms with Crippen molar-refractivity contribution in [1.29, 1.82) is 0 Å². The molecule has 9 heteroatoms. The topological polar surface area (TPSA) is 88.9 Å². The first-order valence-corrected chi connectivity index (χ1v) is 6.86. The Bertz CT molecular complexity index is 609. The predicted molar refractivity (Wildman–Crippen MR) is 74.1 cm³/mol. The molecule has 2 amide bonds. The number of nitrogens with one attached hydrogen (secondary N) is 2. The molecule has 0 radical (unpaired) electrons. The van der Waals surface area contributed by atoms with Gasteiger partial charge in [0.2, 0.25) is 11.9 Å². The third-order valence-electron chi connectivity index (χ3n) is 2.14. The maximum Gasteiger partial charge on any atom is 0.268 e. The van der Waals surface area contributed by atoms with Gasteiger partial charge in [0.25, 0.3) is 5.91 Å². The molecule has 0 unspecified atom stereocenters. The van der Waals surface area contributed by atoms with Crippen LogP contribution in [0.3, 0.4) is 0 Å². The minimum Gasteiger partial charge on any atom is -0.358 e. The zero-order chi connectivity index (χ0) is 13.8. The van der Waals surface area contributed by atoms with Gasteiger partial charge in [-0.3, -0.25) is 14.9 Å². The fourth-order valence-electron chi connectivity index (χ4n) is 1.25. The van der Waals surface area contributed by atoms with Gasteiger partial charge in [-0.2, -0.15) is 0 Å². The van der Waals surface area contributed by atoms with E-state index in [9.17, 15) is 9.59 Å². The summed E-state index contributed by atoms with van der Waals surface area (Å²) in [5, 5.41) is 9.01. The van der Waals surface area contributed by atoms with Crippen LogP contribution in [0.25, 0.3) is 0 Å². The molecule has 2 aromatic heterocycles. The van der Waals surface area contributed by atoms with Crippen molar-refractivity contribution in [3.8, 4) is 0 Å². The van der Waals surface area contributed by atoms with Gasteiger partial charge in [0.05, 0.1) is 8.66 Å². The Morgan fingerprint density at radius 3 is 2.89 bits per heavy atom. The van der Waals surface area contributed by atoms with Crippen LogP contribution in [0.4, 0.5) is 5.95 Å². The van der Waals surface area contributed by atoms with Gasteiger partial charge in [-0.1, -0.05) is 0 Å². The lowest BCUT2D eigenvalue weighted by molar-refractivity contribution is -0.121. The van der Waals surface area contributed by atoms with Crippen LogP contribution < -0.4 is 10.6 Å². The lowest BCUT2D eigenvalue weighted by Gasteiger charge is -1.99. The van der Waals surface area contributed by atoms with Gasteiger partial charge >= 0.3 is 0 Å². The van der Waals surface area contributed by atoms with Crippen molar-refractivity contribution >= 4 is 45.0 Å². The zero-order valence-electron chi connectivity index (χ0n) is 9.88. The molecule has 0 fully saturated rings. The van der Waals surface area contributed by atoms with Crippen LogP contribution in [0.15, 0.2) is 22.2 Å². The Labute approximate surface area is 121 Å². The number of anilines is 1. The van der Waals surface area contributed by atoms with Gasteiger partial charge in [0.15, 0.2) is 0 Å². The van der Waals surface area contributed by atoms with E-state index in [1.807, 2.05) is 0 Å². The smallest absolute Gasteiger partial charge is 0.268 e. The number of rotatable bonds is 4.